The number of rotatable bonds is 10. The Morgan fingerprint density at radius 2 is 1.45 bits per heavy atom. The lowest BCUT2D eigenvalue weighted by Gasteiger charge is -2.19. The maximum Gasteiger partial charge on any atom is 0.413 e. The molecule has 2 N–H and O–H groups in total. The number of alkyl carbamates (subject to hydrolysis) is 1. The molecule has 160 valence electrons. The molecule has 0 radical (unpaired) electrons. The normalized spacial score (nSPS) is 10.4. The van der Waals surface area contributed by atoms with E-state index in [1.54, 1.807) is 47.9 Å². The number of hydrogen-bond acceptors (Lipinski definition) is 6. The van der Waals surface area contributed by atoms with Gasteiger partial charge in [0, 0.05) is 24.3 Å². The summed E-state index contributed by atoms with van der Waals surface area (Å²) in [5, 5.41) is 4.83. The number of anilines is 1. The lowest BCUT2D eigenvalue weighted by atomic mass is 10.1. The lowest BCUT2D eigenvalue weighted by molar-refractivity contribution is -0.122. The summed E-state index contributed by atoms with van der Waals surface area (Å²) in [6, 6.07) is 6.66. The number of nitrogens with one attached hydrogen (secondary N) is 2. The molecule has 0 spiro atoms. The molecule has 4 amide bonds. The van der Waals surface area contributed by atoms with Crippen molar-refractivity contribution in [3.63, 3.8) is 0 Å². The Hall–Kier alpha value is -2.94. The molecule has 1 aromatic carbocycles. The first-order chi connectivity index (χ1) is 13.8. The average Bonchev–Trinajstić information content (AvgIpc) is 2.68. The van der Waals surface area contributed by atoms with E-state index in [0.717, 1.165) is 0 Å². The Kier molecular flexibility index (Phi) is 10.4. The third-order valence-corrected chi connectivity index (χ3v) is 4.16. The van der Waals surface area contributed by atoms with Crippen LogP contribution < -0.4 is 10.6 Å². The van der Waals surface area contributed by atoms with Gasteiger partial charge < -0.3 is 15.0 Å². The second kappa shape index (κ2) is 12.5. The van der Waals surface area contributed by atoms with Crippen LogP contribution in [-0.4, -0.2) is 72.9 Å². The number of carbonyl (C=O) groups excluding carboxylic acids is 4. The predicted molar refractivity (Wildman–Crippen MR) is 110 cm³/mol. The fourth-order valence-electron chi connectivity index (χ4n) is 2.60. The third-order valence-electron chi connectivity index (χ3n) is 4.16. The monoisotopic (exact) mass is 406 g/mol. The Bertz CT molecular complexity index is 701. The molecule has 0 aliphatic heterocycles. The standard InChI is InChI=1S/C20H30N4O5/c1-5-23(14-18(26)22-20(28)29-8-4)13-17(25)21-16-11-9-15(10-12-16)19(27)24(6-2)7-3/h9-12H,5-8,13-14H2,1-4H3,(H,21,25)(H,22,26,28). The van der Waals surface area contributed by atoms with E-state index in [1.165, 1.54) is 0 Å². The molecule has 9 heteroatoms. The van der Waals surface area contributed by atoms with Gasteiger partial charge in [0.05, 0.1) is 19.7 Å². The molecule has 0 aromatic heterocycles. The van der Waals surface area contributed by atoms with Crippen molar-refractivity contribution >= 4 is 29.5 Å². The van der Waals surface area contributed by atoms with E-state index in [4.69, 9.17) is 0 Å². The van der Waals surface area contributed by atoms with E-state index < -0.39 is 12.0 Å². The molecule has 0 unspecified atom stereocenters. The lowest BCUT2D eigenvalue weighted by Crippen LogP contribution is -2.43. The van der Waals surface area contributed by atoms with Crippen molar-refractivity contribution in [2.45, 2.75) is 27.7 Å². The summed E-state index contributed by atoms with van der Waals surface area (Å²) < 4.78 is 4.65. The van der Waals surface area contributed by atoms with Gasteiger partial charge in [-0.2, -0.15) is 0 Å². The Morgan fingerprint density at radius 1 is 0.862 bits per heavy atom. The summed E-state index contributed by atoms with van der Waals surface area (Å²) in [4.78, 5) is 50.9. The van der Waals surface area contributed by atoms with Gasteiger partial charge >= 0.3 is 6.09 Å². The van der Waals surface area contributed by atoms with Crippen molar-refractivity contribution in [3.05, 3.63) is 29.8 Å². The molecule has 0 aliphatic carbocycles. The van der Waals surface area contributed by atoms with Crippen LogP contribution >= 0.6 is 0 Å². The van der Waals surface area contributed by atoms with Crippen molar-refractivity contribution in [3.8, 4) is 0 Å². The summed E-state index contributed by atoms with van der Waals surface area (Å²) in [5.74, 6) is -0.909. The minimum absolute atomic E-state index is 0.0210. The van der Waals surface area contributed by atoms with Gasteiger partial charge in [-0.25, -0.2) is 4.79 Å². The zero-order valence-corrected chi connectivity index (χ0v) is 17.5. The van der Waals surface area contributed by atoms with Crippen molar-refractivity contribution in [1.82, 2.24) is 15.1 Å². The number of nitrogens with zero attached hydrogens (tertiary/aromatic N) is 2. The molecular formula is C20H30N4O5. The van der Waals surface area contributed by atoms with E-state index in [9.17, 15) is 19.2 Å². The van der Waals surface area contributed by atoms with Crippen LogP contribution in [0.4, 0.5) is 10.5 Å². The maximum absolute atomic E-state index is 12.3. The Labute approximate surface area is 171 Å². The van der Waals surface area contributed by atoms with Gasteiger partial charge in [-0.15, -0.1) is 0 Å². The largest absolute Gasteiger partial charge is 0.450 e. The fraction of sp³-hybridized carbons (Fsp3) is 0.500. The highest BCUT2D eigenvalue weighted by atomic mass is 16.5. The van der Waals surface area contributed by atoms with Crippen LogP contribution in [0.3, 0.4) is 0 Å². The molecular weight excluding hydrogens is 376 g/mol. The third kappa shape index (κ3) is 8.30. The second-order valence-corrected chi connectivity index (χ2v) is 6.17. The molecule has 1 aromatic rings. The zero-order chi connectivity index (χ0) is 21.8. The summed E-state index contributed by atoms with van der Waals surface area (Å²) in [6.45, 7) is 9.02. The second-order valence-electron chi connectivity index (χ2n) is 6.17. The highest BCUT2D eigenvalue weighted by molar-refractivity contribution is 5.96. The Morgan fingerprint density at radius 3 is 1.97 bits per heavy atom. The SMILES string of the molecule is CCOC(=O)NC(=O)CN(CC)CC(=O)Nc1ccc(C(=O)N(CC)CC)cc1. The van der Waals surface area contributed by atoms with Gasteiger partial charge in [0.15, 0.2) is 0 Å². The van der Waals surface area contributed by atoms with Gasteiger partial charge in [-0.05, 0) is 51.6 Å². The molecule has 0 heterocycles. The maximum atomic E-state index is 12.3. The molecule has 1 rings (SSSR count). The molecule has 9 nitrogen and oxygen atoms in total. The minimum Gasteiger partial charge on any atom is -0.450 e. The van der Waals surface area contributed by atoms with Crippen LogP contribution in [0.2, 0.25) is 0 Å². The summed E-state index contributed by atoms with van der Waals surface area (Å²) in [7, 11) is 0. The molecule has 0 atom stereocenters. The summed E-state index contributed by atoms with van der Waals surface area (Å²) >= 11 is 0. The predicted octanol–water partition coefficient (Wildman–Crippen LogP) is 1.70. The van der Waals surface area contributed by atoms with Crippen molar-refractivity contribution in [2.75, 3.05) is 44.6 Å². The number of likely N-dealkylation sites (N-methyl/N-ethyl adjacent to an activating group) is 1. The van der Waals surface area contributed by atoms with Crippen LogP contribution in [0.5, 0.6) is 0 Å². The van der Waals surface area contributed by atoms with Gasteiger partial charge in [-0.3, -0.25) is 24.6 Å². The number of amides is 4. The number of carbonyl (C=O) groups is 4. The first-order valence-electron chi connectivity index (χ1n) is 9.72. The van der Waals surface area contributed by atoms with E-state index >= 15 is 0 Å². The van der Waals surface area contributed by atoms with Crippen molar-refractivity contribution in [2.24, 2.45) is 0 Å². The van der Waals surface area contributed by atoms with Gasteiger partial charge in [-0.1, -0.05) is 6.92 Å². The minimum atomic E-state index is -0.808. The van der Waals surface area contributed by atoms with Gasteiger partial charge in [0.25, 0.3) is 5.91 Å². The number of imide groups is 1. The summed E-state index contributed by atoms with van der Waals surface area (Å²) in [5.41, 5.74) is 1.11. The highest BCUT2D eigenvalue weighted by Crippen LogP contribution is 2.12. The van der Waals surface area contributed by atoms with Crippen LogP contribution in [0, 0.1) is 0 Å². The van der Waals surface area contributed by atoms with Crippen molar-refractivity contribution < 1.29 is 23.9 Å². The van der Waals surface area contributed by atoms with Crippen LogP contribution in [0.25, 0.3) is 0 Å². The van der Waals surface area contributed by atoms with E-state index in [0.29, 0.717) is 30.9 Å². The van der Waals surface area contributed by atoms with Crippen LogP contribution in [-0.2, 0) is 14.3 Å². The van der Waals surface area contributed by atoms with E-state index in [1.807, 2.05) is 13.8 Å². The molecule has 0 bridgehead atoms. The number of hydrogen-bond donors (Lipinski definition) is 2. The molecule has 0 saturated carbocycles. The molecule has 29 heavy (non-hydrogen) atoms. The highest BCUT2D eigenvalue weighted by Gasteiger charge is 2.16. The van der Waals surface area contributed by atoms with Gasteiger partial charge in [0.2, 0.25) is 11.8 Å². The molecule has 0 saturated heterocycles. The van der Waals surface area contributed by atoms with E-state index in [-0.39, 0.29) is 31.5 Å². The zero-order valence-electron chi connectivity index (χ0n) is 17.5. The average molecular weight is 406 g/mol. The molecule has 0 aliphatic rings. The fourth-order valence-corrected chi connectivity index (χ4v) is 2.60. The smallest absolute Gasteiger partial charge is 0.413 e. The van der Waals surface area contributed by atoms with Crippen LogP contribution in [0.15, 0.2) is 24.3 Å². The first kappa shape index (κ1) is 24.1. The number of benzene rings is 1. The first-order valence-corrected chi connectivity index (χ1v) is 9.72. The van der Waals surface area contributed by atoms with Gasteiger partial charge in [0.1, 0.15) is 0 Å². The topological polar surface area (TPSA) is 108 Å². The summed E-state index contributed by atoms with van der Waals surface area (Å²) in [6.07, 6.45) is -0.808. The number of ether oxygens (including phenoxy) is 1. The Balaban J connectivity index is 2.58. The van der Waals surface area contributed by atoms with E-state index in [2.05, 4.69) is 15.4 Å². The quantitative estimate of drug-likeness (QED) is 0.612. The van der Waals surface area contributed by atoms with Crippen molar-refractivity contribution in [1.29, 1.82) is 0 Å². The van der Waals surface area contributed by atoms with Crippen LogP contribution in [0.1, 0.15) is 38.1 Å². The molecule has 0 fully saturated rings.